The normalized spacial score (nSPS) is 21.3. The number of carbonyl (C=O) groups is 1. The van der Waals surface area contributed by atoms with Gasteiger partial charge in [-0.25, -0.2) is 0 Å². The van der Waals surface area contributed by atoms with Gasteiger partial charge in [-0.3, -0.25) is 9.78 Å². The number of hydrogen-bond donors (Lipinski definition) is 1. The number of carbonyl (C=O) groups excluding carboxylic acids is 1. The zero-order chi connectivity index (χ0) is 15.7. The third kappa shape index (κ3) is 2.90. The van der Waals surface area contributed by atoms with Gasteiger partial charge in [0.25, 0.3) is 5.91 Å². The molecule has 2 aromatic rings. The van der Waals surface area contributed by atoms with Crippen LogP contribution < -0.4 is 0 Å². The third-order valence-electron chi connectivity index (χ3n) is 4.16. The molecule has 0 aromatic carbocycles. The molecule has 1 N–H and O–H groups in total. The Morgan fingerprint density at radius 2 is 2.23 bits per heavy atom. The maximum absolute atomic E-state index is 12.6. The summed E-state index contributed by atoms with van der Waals surface area (Å²) in [5, 5.41) is 10.2. The van der Waals surface area contributed by atoms with Gasteiger partial charge < -0.3 is 14.4 Å². The summed E-state index contributed by atoms with van der Waals surface area (Å²) in [4.78, 5) is 18.6. The molecule has 22 heavy (non-hydrogen) atoms. The molecule has 116 valence electrons. The molecule has 0 saturated carbocycles. The molecule has 1 fully saturated rings. The molecule has 0 bridgehead atoms. The summed E-state index contributed by atoms with van der Waals surface area (Å²) in [6.07, 6.45) is 1.91. The Balaban J connectivity index is 1.70. The summed E-state index contributed by atoms with van der Waals surface area (Å²) >= 11 is 0. The highest BCUT2D eigenvalue weighted by Gasteiger charge is 2.35. The van der Waals surface area contributed by atoms with E-state index in [4.69, 9.17) is 4.42 Å². The number of β-amino-alcohol motifs (C(OH)–C–C–N with tert-alkyl or cyclic N) is 1. The second-order valence-electron chi connectivity index (χ2n) is 5.89. The van der Waals surface area contributed by atoms with Crippen LogP contribution in [0.2, 0.25) is 0 Å². The number of aliphatic hydroxyl groups excluding tert-OH is 1. The maximum Gasteiger partial charge on any atom is 0.257 e. The number of rotatable bonds is 3. The number of pyridine rings is 1. The lowest BCUT2D eigenvalue weighted by Gasteiger charge is -2.15. The number of likely N-dealkylation sites (tertiary alicyclic amines) is 1. The Morgan fingerprint density at radius 1 is 1.41 bits per heavy atom. The molecular weight excluding hydrogens is 280 g/mol. The van der Waals surface area contributed by atoms with Crippen molar-refractivity contribution in [3.05, 3.63) is 53.2 Å². The minimum atomic E-state index is -0.515. The Labute approximate surface area is 129 Å². The van der Waals surface area contributed by atoms with Crippen molar-refractivity contribution in [1.82, 2.24) is 9.88 Å². The second-order valence-corrected chi connectivity index (χ2v) is 5.89. The Morgan fingerprint density at radius 3 is 2.86 bits per heavy atom. The molecule has 2 atom stereocenters. The molecule has 1 amide bonds. The fourth-order valence-corrected chi connectivity index (χ4v) is 3.02. The molecule has 0 spiro atoms. The lowest BCUT2D eigenvalue weighted by molar-refractivity contribution is 0.0763. The molecule has 1 saturated heterocycles. The van der Waals surface area contributed by atoms with Gasteiger partial charge in [-0.15, -0.1) is 0 Å². The molecule has 1 aliphatic heterocycles. The molecular formula is C17H20N2O3. The Bertz CT molecular complexity index is 666. The van der Waals surface area contributed by atoms with E-state index in [9.17, 15) is 9.90 Å². The van der Waals surface area contributed by atoms with Crippen molar-refractivity contribution in [1.29, 1.82) is 0 Å². The number of amides is 1. The number of nitrogens with zero attached hydrogens (tertiary/aromatic N) is 2. The topological polar surface area (TPSA) is 66.6 Å². The van der Waals surface area contributed by atoms with Crippen molar-refractivity contribution in [2.75, 3.05) is 13.1 Å². The Hall–Kier alpha value is -2.14. The van der Waals surface area contributed by atoms with Gasteiger partial charge in [0.2, 0.25) is 0 Å². The quantitative estimate of drug-likeness (QED) is 0.941. The van der Waals surface area contributed by atoms with Gasteiger partial charge >= 0.3 is 0 Å². The van der Waals surface area contributed by atoms with Crippen LogP contribution in [0.3, 0.4) is 0 Å². The first kappa shape index (κ1) is 14.8. The number of aliphatic hydroxyl groups is 1. The predicted molar refractivity (Wildman–Crippen MR) is 81.5 cm³/mol. The van der Waals surface area contributed by atoms with E-state index in [0.29, 0.717) is 30.8 Å². The molecule has 1 aliphatic rings. The van der Waals surface area contributed by atoms with E-state index in [2.05, 4.69) is 4.98 Å². The first-order chi connectivity index (χ1) is 10.5. The standard InChI is InChI=1S/C17H20N2O3/c1-11-7-15(12(2)22-11)17(21)19-9-13(16(20)10-19)8-14-5-3-4-6-18-14/h3-7,13,16,20H,8-10H2,1-2H3/t13-,16-/m1/s1. The average Bonchev–Trinajstić information content (AvgIpc) is 3.02. The van der Waals surface area contributed by atoms with Crippen LogP contribution in [0.25, 0.3) is 0 Å². The minimum Gasteiger partial charge on any atom is -0.466 e. The number of aromatic nitrogens is 1. The van der Waals surface area contributed by atoms with Crippen LogP contribution in [-0.2, 0) is 6.42 Å². The van der Waals surface area contributed by atoms with E-state index in [-0.39, 0.29) is 11.8 Å². The van der Waals surface area contributed by atoms with Crippen molar-refractivity contribution in [2.45, 2.75) is 26.4 Å². The van der Waals surface area contributed by atoms with E-state index >= 15 is 0 Å². The van der Waals surface area contributed by atoms with Crippen molar-refractivity contribution >= 4 is 5.91 Å². The summed E-state index contributed by atoms with van der Waals surface area (Å²) in [5.41, 5.74) is 1.53. The summed E-state index contributed by atoms with van der Waals surface area (Å²) in [7, 11) is 0. The highest BCUT2D eigenvalue weighted by Crippen LogP contribution is 2.24. The van der Waals surface area contributed by atoms with Crippen LogP contribution in [-0.4, -0.2) is 40.1 Å². The first-order valence-electron chi connectivity index (χ1n) is 7.49. The average molecular weight is 300 g/mol. The molecule has 3 rings (SSSR count). The van der Waals surface area contributed by atoms with Gasteiger partial charge in [-0.1, -0.05) is 6.07 Å². The number of furan rings is 1. The largest absolute Gasteiger partial charge is 0.466 e. The van der Waals surface area contributed by atoms with Crippen molar-refractivity contribution in [3.63, 3.8) is 0 Å². The van der Waals surface area contributed by atoms with Crippen molar-refractivity contribution in [2.24, 2.45) is 5.92 Å². The van der Waals surface area contributed by atoms with Crippen LogP contribution in [0.1, 0.15) is 27.6 Å². The van der Waals surface area contributed by atoms with E-state index < -0.39 is 6.10 Å². The lowest BCUT2D eigenvalue weighted by Crippen LogP contribution is -2.29. The molecule has 5 heteroatoms. The highest BCUT2D eigenvalue weighted by molar-refractivity contribution is 5.95. The fraction of sp³-hybridized carbons (Fsp3) is 0.412. The monoisotopic (exact) mass is 300 g/mol. The summed E-state index contributed by atoms with van der Waals surface area (Å²) in [5.74, 6) is 1.31. The fourth-order valence-electron chi connectivity index (χ4n) is 3.02. The molecule has 0 unspecified atom stereocenters. The first-order valence-corrected chi connectivity index (χ1v) is 7.49. The van der Waals surface area contributed by atoms with Crippen LogP contribution in [0.15, 0.2) is 34.9 Å². The molecule has 2 aromatic heterocycles. The minimum absolute atomic E-state index is 0.0205. The second kappa shape index (κ2) is 5.93. The third-order valence-corrected chi connectivity index (χ3v) is 4.16. The maximum atomic E-state index is 12.6. The van der Waals surface area contributed by atoms with E-state index in [1.54, 1.807) is 24.1 Å². The smallest absolute Gasteiger partial charge is 0.257 e. The summed E-state index contributed by atoms with van der Waals surface area (Å²) < 4.78 is 5.42. The predicted octanol–water partition coefficient (Wildman–Crippen LogP) is 1.97. The summed E-state index contributed by atoms with van der Waals surface area (Å²) in [6, 6.07) is 7.51. The van der Waals surface area contributed by atoms with Gasteiger partial charge in [-0.05, 0) is 38.5 Å². The number of hydrogen-bond acceptors (Lipinski definition) is 4. The number of aryl methyl sites for hydroxylation is 2. The van der Waals surface area contributed by atoms with Gasteiger partial charge in [0.1, 0.15) is 11.5 Å². The van der Waals surface area contributed by atoms with Crippen LogP contribution in [0, 0.1) is 19.8 Å². The van der Waals surface area contributed by atoms with Crippen LogP contribution in [0.4, 0.5) is 0 Å². The molecule has 3 heterocycles. The highest BCUT2D eigenvalue weighted by atomic mass is 16.3. The summed E-state index contributed by atoms with van der Waals surface area (Å²) in [6.45, 7) is 4.52. The van der Waals surface area contributed by atoms with Crippen LogP contribution in [0.5, 0.6) is 0 Å². The van der Waals surface area contributed by atoms with E-state index in [0.717, 1.165) is 11.5 Å². The molecule has 0 radical (unpaired) electrons. The van der Waals surface area contributed by atoms with Crippen molar-refractivity contribution < 1.29 is 14.3 Å². The van der Waals surface area contributed by atoms with Gasteiger partial charge in [0.05, 0.1) is 11.7 Å². The zero-order valence-corrected chi connectivity index (χ0v) is 12.8. The van der Waals surface area contributed by atoms with Gasteiger partial charge in [0, 0.05) is 30.9 Å². The lowest BCUT2D eigenvalue weighted by atomic mass is 10.00. The van der Waals surface area contributed by atoms with Gasteiger partial charge in [0.15, 0.2) is 0 Å². The molecule has 5 nitrogen and oxygen atoms in total. The van der Waals surface area contributed by atoms with Gasteiger partial charge in [-0.2, -0.15) is 0 Å². The zero-order valence-electron chi connectivity index (χ0n) is 12.8. The SMILES string of the molecule is Cc1cc(C(=O)N2C[C@@H](Cc3ccccn3)[C@H](O)C2)c(C)o1. The van der Waals surface area contributed by atoms with E-state index in [1.807, 2.05) is 25.1 Å². The van der Waals surface area contributed by atoms with Crippen molar-refractivity contribution in [3.8, 4) is 0 Å². The van der Waals surface area contributed by atoms with Crippen LogP contribution >= 0.6 is 0 Å². The van der Waals surface area contributed by atoms with E-state index in [1.165, 1.54) is 0 Å². The Kier molecular flexibility index (Phi) is 3.98. The molecule has 0 aliphatic carbocycles.